The molecule has 3 aromatic carbocycles. The number of rotatable bonds is 5. The zero-order valence-corrected chi connectivity index (χ0v) is 17.9. The van der Waals surface area contributed by atoms with Crippen LogP contribution in [-0.4, -0.2) is 38.2 Å². The molecule has 1 aliphatic heterocycles. The molecule has 0 radical (unpaired) electrons. The molecule has 6 heteroatoms. The summed E-state index contributed by atoms with van der Waals surface area (Å²) in [5.74, 6) is -0.598. The molecule has 32 heavy (non-hydrogen) atoms. The van der Waals surface area contributed by atoms with Crippen LogP contribution in [-0.2, 0) is 6.54 Å². The number of anilines is 1. The molecule has 5 rings (SSSR count). The molecular weight excluding hydrogens is 410 g/mol. The Morgan fingerprint density at radius 3 is 2.28 bits per heavy atom. The van der Waals surface area contributed by atoms with E-state index in [1.165, 1.54) is 23.9 Å². The van der Waals surface area contributed by atoms with Gasteiger partial charge in [-0.3, -0.25) is 4.90 Å². The van der Waals surface area contributed by atoms with Gasteiger partial charge in [0.15, 0.2) is 11.3 Å². The number of fused-ring (bicyclic) bond motifs is 1. The van der Waals surface area contributed by atoms with Gasteiger partial charge in [-0.15, -0.1) is 0 Å². The van der Waals surface area contributed by atoms with E-state index in [1.54, 1.807) is 13.2 Å². The van der Waals surface area contributed by atoms with Crippen LogP contribution in [0.1, 0.15) is 5.56 Å². The number of methoxy groups -OCH3 is 1. The topological polar surface area (TPSA) is 28.9 Å². The first-order valence-electron chi connectivity index (χ1n) is 10.7. The zero-order valence-electron chi connectivity index (χ0n) is 17.9. The van der Waals surface area contributed by atoms with E-state index in [2.05, 4.69) is 34.1 Å². The summed E-state index contributed by atoms with van der Waals surface area (Å²) in [6.45, 7) is 4.47. The van der Waals surface area contributed by atoms with Gasteiger partial charge < -0.3 is 14.1 Å². The second-order valence-corrected chi connectivity index (χ2v) is 7.98. The Bertz CT molecular complexity index is 1210. The van der Waals surface area contributed by atoms with Crippen LogP contribution in [0.2, 0.25) is 0 Å². The van der Waals surface area contributed by atoms with Crippen LogP contribution in [0.4, 0.5) is 14.5 Å². The number of hydrogen-bond donors (Lipinski definition) is 0. The van der Waals surface area contributed by atoms with Crippen LogP contribution >= 0.6 is 0 Å². The Hall–Kier alpha value is -3.38. The number of para-hydroxylation sites is 1. The lowest BCUT2D eigenvalue weighted by Gasteiger charge is -2.36. The van der Waals surface area contributed by atoms with Crippen molar-refractivity contribution in [3.8, 4) is 17.1 Å². The fourth-order valence-corrected chi connectivity index (χ4v) is 4.35. The molecule has 1 aromatic heterocycles. The molecule has 0 atom stereocenters. The molecule has 4 nitrogen and oxygen atoms in total. The molecule has 1 aliphatic rings. The zero-order chi connectivity index (χ0) is 22.1. The van der Waals surface area contributed by atoms with Crippen LogP contribution in [0.3, 0.4) is 0 Å². The quantitative estimate of drug-likeness (QED) is 0.402. The van der Waals surface area contributed by atoms with Crippen molar-refractivity contribution in [2.75, 3.05) is 38.2 Å². The number of benzene rings is 3. The molecule has 0 aliphatic carbocycles. The van der Waals surface area contributed by atoms with E-state index in [9.17, 15) is 8.78 Å². The van der Waals surface area contributed by atoms with Crippen LogP contribution in [0.5, 0.6) is 5.75 Å². The van der Waals surface area contributed by atoms with E-state index in [0.29, 0.717) is 11.3 Å². The van der Waals surface area contributed by atoms with Crippen molar-refractivity contribution in [2.45, 2.75) is 6.54 Å². The third kappa shape index (κ3) is 3.82. The highest BCUT2D eigenvalue weighted by Gasteiger charge is 2.22. The molecule has 4 aromatic rings. The number of piperazine rings is 1. The van der Waals surface area contributed by atoms with Crippen LogP contribution in [0.25, 0.3) is 22.3 Å². The van der Waals surface area contributed by atoms with Gasteiger partial charge in [0, 0.05) is 43.8 Å². The Balaban J connectivity index is 1.42. The average molecular weight is 434 g/mol. The van der Waals surface area contributed by atoms with Crippen molar-refractivity contribution < 1.29 is 17.9 Å². The van der Waals surface area contributed by atoms with Crippen molar-refractivity contribution in [2.24, 2.45) is 0 Å². The van der Waals surface area contributed by atoms with Crippen molar-refractivity contribution in [3.05, 3.63) is 83.9 Å². The smallest absolute Gasteiger partial charge is 0.176 e. The number of furan rings is 1. The molecule has 1 fully saturated rings. The molecule has 164 valence electrons. The monoisotopic (exact) mass is 434 g/mol. The standard InChI is InChI=1S/C26H24F2N2O2/c1-31-23-11-10-18(17-29-12-14-30(15-13-29)19-6-3-2-4-7-19)20-16-24(32-26(20)23)25-21(27)8-5-9-22(25)28/h2-11,16H,12-15,17H2,1H3. The second-order valence-electron chi connectivity index (χ2n) is 7.98. The van der Waals surface area contributed by atoms with Gasteiger partial charge in [0.1, 0.15) is 17.4 Å². The minimum atomic E-state index is -0.651. The largest absolute Gasteiger partial charge is 0.493 e. The maximum Gasteiger partial charge on any atom is 0.176 e. The number of halogens is 2. The molecule has 0 N–H and O–H groups in total. The highest BCUT2D eigenvalue weighted by molar-refractivity contribution is 5.90. The molecular formula is C26H24F2N2O2. The van der Waals surface area contributed by atoms with Gasteiger partial charge >= 0.3 is 0 Å². The van der Waals surface area contributed by atoms with E-state index in [-0.39, 0.29) is 11.3 Å². The van der Waals surface area contributed by atoms with E-state index < -0.39 is 11.6 Å². The molecule has 0 unspecified atom stereocenters. The Labute approximate surface area is 185 Å². The maximum atomic E-state index is 14.4. The molecule has 0 saturated carbocycles. The third-order valence-corrected chi connectivity index (χ3v) is 6.05. The Morgan fingerprint density at radius 2 is 1.59 bits per heavy atom. The summed E-state index contributed by atoms with van der Waals surface area (Å²) in [5.41, 5.74) is 2.63. The molecule has 0 spiro atoms. The first-order valence-corrected chi connectivity index (χ1v) is 10.7. The summed E-state index contributed by atoms with van der Waals surface area (Å²) in [7, 11) is 1.56. The van der Waals surface area contributed by atoms with Crippen LogP contribution < -0.4 is 9.64 Å². The van der Waals surface area contributed by atoms with Gasteiger partial charge in [-0.05, 0) is 42.0 Å². The number of hydrogen-bond acceptors (Lipinski definition) is 4. The van der Waals surface area contributed by atoms with E-state index >= 15 is 0 Å². The SMILES string of the molecule is COc1ccc(CN2CCN(c3ccccc3)CC2)c2cc(-c3c(F)cccc3F)oc12. The average Bonchev–Trinajstić information content (AvgIpc) is 3.26. The lowest BCUT2D eigenvalue weighted by atomic mass is 10.1. The van der Waals surface area contributed by atoms with Crippen molar-refractivity contribution >= 4 is 16.7 Å². The van der Waals surface area contributed by atoms with Crippen LogP contribution in [0, 0.1) is 11.6 Å². The summed E-state index contributed by atoms with van der Waals surface area (Å²) in [4.78, 5) is 4.77. The summed E-state index contributed by atoms with van der Waals surface area (Å²) in [6.07, 6.45) is 0. The van der Waals surface area contributed by atoms with E-state index in [1.807, 2.05) is 18.2 Å². The van der Waals surface area contributed by atoms with Crippen LogP contribution in [0.15, 0.2) is 71.1 Å². The maximum absolute atomic E-state index is 14.4. The second kappa shape index (κ2) is 8.63. The van der Waals surface area contributed by atoms with Crippen molar-refractivity contribution in [3.63, 3.8) is 0 Å². The normalized spacial score (nSPS) is 14.8. The van der Waals surface area contributed by atoms with Gasteiger partial charge in [0.05, 0.1) is 12.7 Å². The predicted molar refractivity (Wildman–Crippen MR) is 122 cm³/mol. The fraction of sp³-hybridized carbons (Fsp3) is 0.231. The summed E-state index contributed by atoms with van der Waals surface area (Å²) < 4.78 is 40.1. The Kier molecular flexibility index (Phi) is 5.53. The summed E-state index contributed by atoms with van der Waals surface area (Å²) in [5, 5.41) is 0.812. The van der Waals surface area contributed by atoms with Crippen molar-refractivity contribution in [1.29, 1.82) is 0 Å². The van der Waals surface area contributed by atoms with Gasteiger partial charge in [-0.1, -0.05) is 30.3 Å². The molecule has 0 bridgehead atoms. The molecule has 1 saturated heterocycles. The fourth-order valence-electron chi connectivity index (χ4n) is 4.35. The lowest BCUT2D eigenvalue weighted by Crippen LogP contribution is -2.45. The third-order valence-electron chi connectivity index (χ3n) is 6.05. The van der Waals surface area contributed by atoms with Gasteiger partial charge in [-0.2, -0.15) is 0 Å². The molecule has 0 amide bonds. The van der Waals surface area contributed by atoms with Gasteiger partial charge in [-0.25, -0.2) is 8.78 Å². The lowest BCUT2D eigenvalue weighted by molar-refractivity contribution is 0.250. The minimum Gasteiger partial charge on any atom is -0.493 e. The highest BCUT2D eigenvalue weighted by atomic mass is 19.1. The van der Waals surface area contributed by atoms with Gasteiger partial charge in [0.25, 0.3) is 0 Å². The Morgan fingerprint density at radius 1 is 0.875 bits per heavy atom. The summed E-state index contributed by atoms with van der Waals surface area (Å²) >= 11 is 0. The van der Waals surface area contributed by atoms with Gasteiger partial charge in [0.2, 0.25) is 0 Å². The van der Waals surface area contributed by atoms with E-state index in [0.717, 1.165) is 43.7 Å². The van der Waals surface area contributed by atoms with E-state index in [4.69, 9.17) is 9.15 Å². The molecule has 2 heterocycles. The first kappa shape index (κ1) is 20.5. The summed E-state index contributed by atoms with van der Waals surface area (Å²) in [6, 6.07) is 19.8. The predicted octanol–water partition coefficient (Wildman–Crippen LogP) is 5.71. The first-order chi connectivity index (χ1) is 15.6. The minimum absolute atomic E-state index is 0.159. The van der Waals surface area contributed by atoms with Crippen molar-refractivity contribution in [1.82, 2.24) is 4.90 Å². The highest BCUT2D eigenvalue weighted by Crippen LogP contribution is 2.37. The number of nitrogens with zero attached hydrogens (tertiary/aromatic N) is 2. The number of ether oxygens (including phenoxy) is 1.